The predicted octanol–water partition coefficient (Wildman–Crippen LogP) is 21.4. The van der Waals surface area contributed by atoms with Crippen molar-refractivity contribution < 1.29 is 57.2 Å². The molecule has 86 heavy (non-hydrogen) atoms. The average molecular weight is 1200 g/mol. The number of fused-ring (bicyclic) bond motifs is 3. The monoisotopic (exact) mass is 1200 g/mol. The summed E-state index contributed by atoms with van der Waals surface area (Å²) in [5.74, 6) is -3.70. The number of ether oxygens (including phenoxy) is 6. The lowest BCUT2D eigenvalue weighted by Gasteiger charge is -2.22. The van der Waals surface area contributed by atoms with E-state index in [2.05, 4.69) is 41.5 Å². The molecule has 0 N–H and O–H groups in total. The van der Waals surface area contributed by atoms with Crippen LogP contribution in [0.15, 0.2) is 24.3 Å². The zero-order chi connectivity index (χ0) is 63.2. The molecule has 0 amide bonds. The van der Waals surface area contributed by atoms with E-state index in [0.29, 0.717) is 10.8 Å². The fourth-order valence-electron chi connectivity index (χ4n) is 11.5. The molecule has 0 saturated carbocycles. The first-order chi connectivity index (χ1) is 41.4. The topological polar surface area (TPSA) is 158 Å². The van der Waals surface area contributed by atoms with Crippen LogP contribution < -0.4 is 28.4 Å². The van der Waals surface area contributed by atoms with Gasteiger partial charge in [-0.25, -0.2) is 0 Å². The average Bonchev–Trinajstić information content (AvgIpc) is 0.795. The van der Waals surface area contributed by atoms with E-state index >= 15 is 0 Å². The Balaban J connectivity index is 2.52. The summed E-state index contributed by atoms with van der Waals surface area (Å²) >= 11 is 0. The molecule has 12 heteroatoms. The fourth-order valence-corrected chi connectivity index (χ4v) is 11.5. The molecule has 0 fully saturated rings. The van der Waals surface area contributed by atoms with Gasteiger partial charge in [0.1, 0.15) is 0 Å². The molecular formula is C74H118O12. The Bertz CT molecular complexity index is 2310. The Kier molecular flexibility index (Phi) is 38.2. The number of carbonyl (C=O) groups excluding carboxylic acids is 6. The molecule has 3 aromatic rings. The predicted molar refractivity (Wildman–Crippen MR) is 351 cm³/mol. The summed E-state index contributed by atoms with van der Waals surface area (Å²) in [6.07, 6.45) is 30.9. The molecule has 486 valence electrons. The summed E-state index contributed by atoms with van der Waals surface area (Å²) in [6, 6.07) is 6.24. The lowest BCUT2D eigenvalue weighted by atomic mass is 9.97. The third kappa shape index (κ3) is 29.8. The number of benzene rings is 3. The van der Waals surface area contributed by atoms with Gasteiger partial charge in [0.15, 0.2) is 34.5 Å². The Morgan fingerprint density at radius 3 is 0.616 bits per heavy atom. The van der Waals surface area contributed by atoms with E-state index in [-0.39, 0.29) is 119 Å². The van der Waals surface area contributed by atoms with Gasteiger partial charge in [-0.3, -0.25) is 28.8 Å². The minimum Gasteiger partial charge on any atom is -0.422 e. The molecule has 0 aromatic heterocycles. The molecule has 0 aliphatic heterocycles. The summed E-state index contributed by atoms with van der Waals surface area (Å²) in [5.41, 5.74) is 0. The van der Waals surface area contributed by atoms with Crippen molar-refractivity contribution in [1.29, 1.82) is 0 Å². The molecule has 0 heterocycles. The van der Waals surface area contributed by atoms with Crippen LogP contribution in [0.4, 0.5) is 0 Å². The van der Waals surface area contributed by atoms with Crippen molar-refractivity contribution >= 4 is 57.4 Å². The van der Waals surface area contributed by atoms with Crippen LogP contribution in [0.2, 0.25) is 0 Å². The largest absolute Gasteiger partial charge is 0.422 e. The maximum absolute atomic E-state index is 14.6. The molecule has 3 rings (SSSR count). The molecule has 0 radical (unpaired) electrons. The third-order valence-corrected chi connectivity index (χ3v) is 16.9. The molecular weight excluding hydrogens is 1080 g/mol. The molecule has 0 aliphatic rings. The van der Waals surface area contributed by atoms with Crippen molar-refractivity contribution in [2.24, 2.45) is 35.5 Å². The van der Waals surface area contributed by atoms with E-state index in [1.165, 1.54) is 12.1 Å². The molecule has 0 saturated heterocycles. The second-order valence-electron chi connectivity index (χ2n) is 26.1. The van der Waals surface area contributed by atoms with E-state index in [1.807, 2.05) is 41.5 Å². The van der Waals surface area contributed by atoms with E-state index in [0.717, 1.165) is 193 Å². The van der Waals surface area contributed by atoms with Crippen molar-refractivity contribution in [2.75, 3.05) is 0 Å². The van der Waals surface area contributed by atoms with E-state index < -0.39 is 35.8 Å². The van der Waals surface area contributed by atoms with Crippen LogP contribution in [0.1, 0.15) is 314 Å². The lowest BCUT2D eigenvalue weighted by Crippen LogP contribution is -2.18. The number of esters is 6. The smallest absolute Gasteiger partial charge is 0.311 e. The highest BCUT2D eigenvalue weighted by Crippen LogP contribution is 2.51. The Hall–Kier alpha value is -5.00. The van der Waals surface area contributed by atoms with Gasteiger partial charge in [-0.2, -0.15) is 0 Å². The summed E-state index contributed by atoms with van der Waals surface area (Å²) in [6.45, 7) is 25.1. The first kappa shape index (κ1) is 75.3. The van der Waals surface area contributed by atoms with E-state index in [4.69, 9.17) is 28.4 Å². The van der Waals surface area contributed by atoms with Crippen LogP contribution in [-0.2, 0) is 28.8 Å². The van der Waals surface area contributed by atoms with Crippen molar-refractivity contribution in [1.82, 2.24) is 0 Å². The molecule has 12 nitrogen and oxygen atoms in total. The van der Waals surface area contributed by atoms with Gasteiger partial charge in [0, 0.05) is 49.3 Å². The SMILES string of the molecule is CCCCCC[C@H](C)CC(=O)Oc1cc2c(OC(=O)C[C@@H](C)CCCCCC)c(OC(=O)C[C@@H](C)CCCCCC)c3cc(OC(=O)C[C@@H](C)CCCCCC)c(OC(=O)C[C@@H](C)CCCCCC)cc3c2cc1OC(=O)C[C@@H](C)CCCCCC. The zero-order valence-corrected chi connectivity index (χ0v) is 56.1. The van der Waals surface area contributed by atoms with Crippen LogP contribution >= 0.6 is 0 Å². The molecule has 0 spiro atoms. The standard InChI is InChI=1S/C74H118O12/c1-13-19-25-31-37-53(7)43-67(75)81-63-49-59-60-50-64(82-68(76)44-54(8)38-32-26-20-14-2)66(84-70(78)46-56(10)40-34-28-22-16-4)52-62(60)74(86-72(80)48-58(12)42-36-30-24-18-6)73(85-71(79)47-57(11)41-35-29-23-17-5)61(59)51-65(63)83-69(77)45-55(9)39-33-27-21-15-3/h49-58H,13-48H2,1-12H3/t53-,54-,55-,56-,57-,58-/m0/s1. The number of hydrogen-bond donors (Lipinski definition) is 0. The normalized spacial score (nSPS) is 13.6. The van der Waals surface area contributed by atoms with Crippen molar-refractivity contribution in [2.45, 2.75) is 314 Å². The highest BCUT2D eigenvalue weighted by Gasteiger charge is 2.30. The summed E-state index contributed by atoms with van der Waals surface area (Å²) in [5, 5.41) is 1.13. The quantitative estimate of drug-likeness (QED) is 0.0228. The van der Waals surface area contributed by atoms with Gasteiger partial charge in [0.25, 0.3) is 0 Å². The number of unbranched alkanes of at least 4 members (excludes halogenated alkanes) is 18. The third-order valence-electron chi connectivity index (χ3n) is 16.9. The Morgan fingerprint density at radius 1 is 0.256 bits per heavy atom. The van der Waals surface area contributed by atoms with Crippen LogP contribution in [-0.4, -0.2) is 35.8 Å². The van der Waals surface area contributed by atoms with E-state index in [9.17, 15) is 28.8 Å². The van der Waals surface area contributed by atoms with Gasteiger partial charge in [0.2, 0.25) is 0 Å². The van der Waals surface area contributed by atoms with Gasteiger partial charge < -0.3 is 28.4 Å². The highest BCUT2D eigenvalue weighted by molar-refractivity contribution is 6.17. The second-order valence-corrected chi connectivity index (χ2v) is 26.1. The van der Waals surface area contributed by atoms with E-state index in [1.54, 1.807) is 12.1 Å². The van der Waals surface area contributed by atoms with Gasteiger partial charge in [-0.1, -0.05) is 276 Å². The molecule has 0 aliphatic carbocycles. The molecule has 0 bridgehead atoms. The number of carbonyl (C=O) groups is 6. The molecule has 6 atom stereocenters. The van der Waals surface area contributed by atoms with Crippen molar-refractivity contribution in [3.63, 3.8) is 0 Å². The molecule has 0 unspecified atom stereocenters. The second kappa shape index (κ2) is 43.6. The highest BCUT2D eigenvalue weighted by atomic mass is 16.6. The zero-order valence-electron chi connectivity index (χ0n) is 56.1. The summed E-state index contributed by atoms with van der Waals surface area (Å²) in [7, 11) is 0. The lowest BCUT2D eigenvalue weighted by molar-refractivity contribution is -0.138. The van der Waals surface area contributed by atoms with Gasteiger partial charge in [-0.15, -0.1) is 0 Å². The first-order valence-electron chi connectivity index (χ1n) is 34.7. The van der Waals surface area contributed by atoms with Gasteiger partial charge in [0.05, 0.1) is 0 Å². The number of hydrogen-bond acceptors (Lipinski definition) is 12. The maximum Gasteiger partial charge on any atom is 0.311 e. The first-order valence-corrected chi connectivity index (χ1v) is 34.7. The molecule has 3 aromatic carbocycles. The van der Waals surface area contributed by atoms with Crippen LogP contribution in [0.5, 0.6) is 34.5 Å². The Morgan fingerprint density at radius 2 is 0.430 bits per heavy atom. The minimum absolute atomic E-state index is 0.00586. The van der Waals surface area contributed by atoms with Gasteiger partial charge in [-0.05, 0) is 70.5 Å². The van der Waals surface area contributed by atoms with Crippen LogP contribution in [0.25, 0.3) is 21.5 Å². The number of rotatable bonds is 48. The van der Waals surface area contributed by atoms with Crippen molar-refractivity contribution in [3.8, 4) is 34.5 Å². The Labute approximate surface area is 520 Å². The van der Waals surface area contributed by atoms with Crippen LogP contribution in [0.3, 0.4) is 0 Å². The van der Waals surface area contributed by atoms with Crippen molar-refractivity contribution in [3.05, 3.63) is 24.3 Å². The fraction of sp³-hybridized carbons (Fsp3) is 0.730. The van der Waals surface area contributed by atoms with Crippen LogP contribution in [0, 0.1) is 35.5 Å². The van der Waals surface area contributed by atoms with Gasteiger partial charge >= 0.3 is 35.8 Å². The minimum atomic E-state index is -0.567. The maximum atomic E-state index is 14.6. The summed E-state index contributed by atoms with van der Waals surface area (Å²) < 4.78 is 38.2. The summed E-state index contributed by atoms with van der Waals surface area (Å²) in [4.78, 5) is 85.8.